The van der Waals surface area contributed by atoms with Crippen molar-refractivity contribution in [3.8, 4) is 0 Å². The molecule has 12 N–H and O–H groups in total. The standard InChI is InChI=1S/K.2H3O4P.3H2O.H/c;2*1-5(2,3)4;;;;/h;2*(H3,1,2,3,4);3*1H2;/q+1;;;;;;-1. The third-order valence-corrected chi connectivity index (χ3v) is 0. The van der Waals surface area contributed by atoms with Crippen LogP contribution in [0.15, 0.2) is 0 Å². The molecule has 0 fully saturated rings. The molecule has 0 spiro atoms. The molecule has 14 heavy (non-hydrogen) atoms. The van der Waals surface area contributed by atoms with Crippen molar-refractivity contribution in [1.29, 1.82) is 0 Å². The minimum Gasteiger partial charge on any atom is -1.00 e. The van der Waals surface area contributed by atoms with Crippen molar-refractivity contribution in [3.05, 3.63) is 0 Å². The average Bonchev–Trinajstić information content (AvgIpc) is 1.12. The summed E-state index contributed by atoms with van der Waals surface area (Å²) in [6.45, 7) is 0. The van der Waals surface area contributed by atoms with Crippen LogP contribution in [0.1, 0.15) is 1.43 Å². The van der Waals surface area contributed by atoms with Crippen molar-refractivity contribution < 1.29 is 108 Å². The first-order valence-electron chi connectivity index (χ1n) is 1.57. The Bertz CT molecular complexity index is 131. The Kier molecular flexibility index (Phi) is 37.9. The van der Waals surface area contributed by atoms with E-state index < -0.39 is 15.6 Å². The van der Waals surface area contributed by atoms with Crippen molar-refractivity contribution >= 4 is 15.6 Å². The molecule has 0 aromatic heterocycles. The van der Waals surface area contributed by atoms with Gasteiger partial charge in [-0.2, -0.15) is 0 Å². The molecule has 14 heteroatoms. The largest absolute Gasteiger partial charge is 1.00 e. The Balaban J connectivity index is -0.0000000128. The van der Waals surface area contributed by atoms with Gasteiger partial charge in [0, 0.05) is 0 Å². The predicted molar refractivity (Wildman–Crippen MR) is 40.5 cm³/mol. The monoisotopic (exact) mass is 290 g/mol. The minimum absolute atomic E-state index is 0. The van der Waals surface area contributed by atoms with E-state index in [-0.39, 0.29) is 69.2 Å². The van der Waals surface area contributed by atoms with E-state index in [0.717, 1.165) is 0 Å². The Labute approximate surface area is 122 Å². The summed E-state index contributed by atoms with van der Waals surface area (Å²) < 4.78 is 17.8. The molecule has 0 aliphatic carbocycles. The van der Waals surface area contributed by atoms with Gasteiger partial charge < -0.3 is 47.2 Å². The Morgan fingerprint density at radius 1 is 0.643 bits per heavy atom. The molecule has 0 heterocycles. The quantitative estimate of drug-likeness (QED) is 0.184. The van der Waals surface area contributed by atoms with E-state index in [1.54, 1.807) is 0 Å². The van der Waals surface area contributed by atoms with Gasteiger partial charge in [-0.15, -0.1) is 0 Å². The van der Waals surface area contributed by atoms with E-state index in [0.29, 0.717) is 0 Å². The Morgan fingerprint density at radius 2 is 0.643 bits per heavy atom. The van der Waals surface area contributed by atoms with Gasteiger partial charge in [0.25, 0.3) is 0 Å². The molecule has 0 atom stereocenters. The third kappa shape index (κ3) is 739. The molecule has 0 saturated carbocycles. The van der Waals surface area contributed by atoms with Crippen LogP contribution in [-0.4, -0.2) is 45.8 Å². The van der Waals surface area contributed by atoms with Gasteiger partial charge in [0.05, 0.1) is 0 Å². The molecule has 11 nitrogen and oxygen atoms in total. The maximum Gasteiger partial charge on any atom is 1.00 e. The first-order chi connectivity index (χ1) is 4.00. The smallest absolute Gasteiger partial charge is 1.00 e. The van der Waals surface area contributed by atoms with Crippen LogP contribution in [0.4, 0.5) is 0 Å². The number of phosphoric acid groups is 2. The van der Waals surface area contributed by atoms with Crippen LogP contribution in [0.2, 0.25) is 0 Å². The Morgan fingerprint density at radius 3 is 0.643 bits per heavy atom. The van der Waals surface area contributed by atoms with Gasteiger partial charge in [-0.1, -0.05) is 0 Å². The van der Waals surface area contributed by atoms with E-state index in [4.69, 9.17) is 38.5 Å². The zero-order valence-electron chi connectivity index (χ0n) is 7.89. The molecule has 0 radical (unpaired) electrons. The van der Waals surface area contributed by atoms with Crippen molar-refractivity contribution in [3.63, 3.8) is 0 Å². The van der Waals surface area contributed by atoms with Gasteiger partial charge in [0.1, 0.15) is 0 Å². The molecule has 0 aliphatic rings. The molecule has 0 aromatic carbocycles. The normalized spacial score (nSPS) is 8.43. The molecule has 0 bridgehead atoms. The van der Waals surface area contributed by atoms with Gasteiger partial charge >= 0.3 is 67.0 Å². The van der Waals surface area contributed by atoms with Gasteiger partial charge in [-0.25, -0.2) is 9.13 Å². The van der Waals surface area contributed by atoms with E-state index in [9.17, 15) is 0 Å². The van der Waals surface area contributed by atoms with E-state index in [2.05, 4.69) is 0 Å². The molecule has 0 amide bonds. The zero-order valence-corrected chi connectivity index (χ0v) is 11.8. The molecule has 0 saturated heterocycles. The molecule has 0 aromatic rings. The summed E-state index contributed by atoms with van der Waals surface area (Å²) >= 11 is 0. The van der Waals surface area contributed by atoms with Crippen LogP contribution in [0.3, 0.4) is 0 Å². The summed E-state index contributed by atoms with van der Waals surface area (Å²) in [4.78, 5) is 43.1. The first-order valence-corrected chi connectivity index (χ1v) is 4.70. The number of hydrogen-bond donors (Lipinski definition) is 6. The van der Waals surface area contributed by atoms with Crippen LogP contribution < -0.4 is 51.4 Å². The van der Waals surface area contributed by atoms with Crippen molar-refractivity contribution in [2.24, 2.45) is 0 Å². The molecule has 0 unspecified atom stereocenters. The maximum absolute atomic E-state index is 8.88. The summed E-state index contributed by atoms with van der Waals surface area (Å²) in [7, 11) is -9.28. The van der Waals surface area contributed by atoms with E-state index in [1.807, 2.05) is 0 Å². The van der Waals surface area contributed by atoms with Gasteiger partial charge in [0.15, 0.2) is 0 Å². The SMILES string of the molecule is O.O.O.O=P(O)(O)O.O=P(O)(O)O.[H-].[K+]. The molecular weight excluding hydrogens is 277 g/mol. The third-order valence-electron chi connectivity index (χ3n) is 0. The number of hydrogen-bond acceptors (Lipinski definition) is 2. The molecular formula is H13KO11P2. The van der Waals surface area contributed by atoms with Gasteiger partial charge in [-0.3, -0.25) is 0 Å². The fraction of sp³-hybridized carbons (Fsp3) is 0. The fourth-order valence-electron chi connectivity index (χ4n) is 0. The summed E-state index contributed by atoms with van der Waals surface area (Å²) in [6.07, 6.45) is 0. The topological polar surface area (TPSA) is 250 Å². The van der Waals surface area contributed by atoms with Crippen LogP contribution in [0.25, 0.3) is 0 Å². The minimum atomic E-state index is -4.64. The van der Waals surface area contributed by atoms with E-state index in [1.165, 1.54) is 0 Å². The van der Waals surface area contributed by atoms with Gasteiger partial charge in [-0.05, 0) is 0 Å². The maximum atomic E-state index is 8.88. The second-order valence-corrected chi connectivity index (χ2v) is 3.08. The van der Waals surface area contributed by atoms with Crippen molar-refractivity contribution in [2.75, 3.05) is 0 Å². The molecule has 90 valence electrons. The fourth-order valence-corrected chi connectivity index (χ4v) is 0. The first kappa shape index (κ1) is 36.0. The van der Waals surface area contributed by atoms with E-state index >= 15 is 0 Å². The van der Waals surface area contributed by atoms with Crippen molar-refractivity contribution in [2.45, 2.75) is 0 Å². The van der Waals surface area contributed by atoms with Crippen LogP contribution in [0, 0.1) is 0 Å². The summed E-state index contributed by atoms with van der Waals surface area (Å²) in [5.41, 5.74) is 0. The number of rotatable bonds is 0. The molecule has 0 aliphatic heterocycles. The van der Waals surface area contributed by atoms with Crippen LogP contribution in [0.5, 0.6) is 0 Å². The summed E-state index contributed by atoms with van der Waals surface area (Å²) in [5.74, 6) is 0. The van der Waals surface area contributed by atoms with Crippen LogP contribution in [-0.2, 0) is 9.13 Å². The zero-order chi connectivity index (χ0) is 9.00. The predicted octanol–water partition coefficient (Wildman–Crippen LogP) is -7.21. The average molecular weight is 290 g/mol. The van der Waals surface area contributed by atoms with Crippen LogP contribution >= 0.6 is 15.6 Å². The molecule has 0 rings (SSSR count). The van der Waals surface area contributed by atoms with Gasteiger partial charge in [0.2, 0.25) is 0 Å². The summed E-state index contributed by atoms with van der Waals surface area (Å²) in [6, 6.07) is 0. The Hall–Kier alpha value is 1.74. The second kappa shape index (κ2) is 14.7. The summed E-state index contributed by atoms with van der Waals surface area (Å²) in [5, 5.41) is 0. The van der Waals surface area contributed by atoms with Crippen molar-refractivity contribution in [1.82, 2.24) is 0 Å². The second-order valence-electron chi connectivity index (χ2n) is 1.03.